The number of anilines is 1. The van der Waals surface area contributed by atoms with Crippen LogP contribution in [0, 0.1) is 6.92 Å². The number of amides is 2. The number of esters is 1. The van der Waals surface area contributed by atoms with Crippen molar-refractivity contribution in [2.45, 2.75) is 55.7 Å². The molecular formula is C28H37N5O7. The Bertz CT molecular complexity index is 1400. The Labute approximate surface area is 231 Å². The van der Waals surface area contributed by atoms with Gasteiger partial charge in [-0.05, 0) is 38.5 Å². The number of nitrogens with zero attached hydrogens (tertiary/aromatic N) is 1. The second-order valence-electron chi connectivity index (χ2n) is 10.8. The zero-order valence-electron chi connectivity index (χ0n) is 23.1. The molecule has 1 aliphatic carbocycles. The van der Waals surface area contributed by atoms with Crippen molar-refractivity contribution in [1.29, 1.82) is 0 Å². The minimum absolute atomic E-state index is 0.100. The normalized spacial score (nSPS) is 28.7. The first-order valence-electron chi connectivity index (χ1n) is 12.8. The molecule has 3 aromatic rings. The third-order valence-electron chi connectivity index (χ3n) is 8.21. The summed E-state index contributed by atoms with van der Waals surface area (Å²) in [4.78, 5) is 30.3. The van der Waals surface area contributed by atoms with Gasteiger partial charge in [-0.15, -0.1) is 0 Å². The van der Waals surface area contributed by atoms with E-state index in [2.05, 4.69) is 15.6 Å². The molecule has 2 amide bonds. The number of fused-ring (bicyclic) bond motifs is 1. The quantitative estimate of drug-likeness (QED) is 0.197. The number of aliphatic hydroxyl groups is 3. The monoisotopic (exact) mass is 555 g/mol. The number of hydrogen-bond donors (Lipinski definition) is 8. The summed E-state index contributed by atoms with van der Waals surface area (Å²) in [6.07, 6.45) is 0.184. The smallest absolute Gasteiger partial charge is 0.342 e. The highest BCUT2D eigenvalue weighted by Gasteiger charge is 2.76. The molecule has 1 heterocycles. The lowest BCUT2D eigenvalue weighted by Gasteiger charge is -2.48. The van der Waals surface area contributed by atoms with E-state index < -0.39 is 53.5 Å². The predicted molar refractivity (Wildman–Crippen MR) is 149 cm³/mol. The van der Waals surface area contributed by atoms with Crippen LogP contribution < -0.4 is 16.4 Å². The molecule has 1 fully saturated rings. The van der Waals surface area contributed by atoms with E-state index in [-0.39, 0.29) is 11.3 Å². The van der Waals surface area contributed by atoms with Crippen LogP contribution in [-0.2, 0) is 4.74 Å². The molecule has 1 aliphatic rings. The van der Waals surface area contributed by atoms with Crippen LogP contribution in [0.4, 0.5) is 10.5 Å². The number of nitrogens with two attached hydrogens (primary N) is 1. The first-order chi connectivity index (χ1) is 18.7. The van der Waals surface area contributed by atoms with Crippen LogP contribution in [0.25, 0.3) is 10.9 Å². The molecule has 4 rings (SSSR count). The zero-order valence-corrected chi connectivity index (χ0v) is 23.1. The number of rotatable bonds is 7. The molecule has 0 bridgehead atoms. The van der Waals surface area contributed by atoms with Crippen LogP contribution >= 0.6 is 0 Å². The number of aryl methyl sites for hydroxylation is 1. The fourth-order valence-corrected chi connectivity index (χ4v) is 5.79. The second kappa shape index (κ2) is 10.3. The maximum Gasteiger partial charge on any atom is 0.342 e. The number of ether oxygens (including phenoxy) is 1. The van der Waals surface area contributed by atoms with Crippen molar-refractivity contribution < 1.29 is 34.8 Å². The van der Waals surface area contributed by atoms with E-state index in [0.29, 0.717) is 11.3 Å². The fraction of sp³-hybridized carbons (Fsp3) is 0.429. The number of aromatic nitrogens is 1. The van der Waals surface area contributed by atoms with Crippen molar-refractivity contribution in [3.63, 3.8) is 0 Å². The minimum atomic E-state index is -2.37. The largest absolute Gasteiger partial charge is 0.507 e. The molecule has 0 saturated heterocycles. The van der Waals surface area contributed by atoms with Gasteiger partial charge in [0.05, 0.1) is 23.9 Å². The molecule has 2 aromatic carbocycles. The summed E-state index contributed by atoms with van der Waals surface area (Å²) in [5.74, 6) is -1.25. The number of para-hydroxylation sites is 1. The van der Waals surface area contributed by atoms with E-state index in [1.54, 1.807) is 25.3 Å². The fourth-order valence-electron chi connectivity index (χ4n) is 5.79. The molecule has 12 heteroatoms. The summed E-state index contributed by atoms with van der Waals surface area (Å²) in [7, 11) is 2.95. The summed E-state index contributed by atoms with van der Waals surface area (Å²) >= 11 is 0. The number of carbonyl (C=O) groups excluding carboxylic acids is 2. The number of aliphatic hydroxyl groups excluding tert-OH is 1. The molecule has 1 saturated carbocycles. The molecule has 0 unspecified atom stereocenters. The molecule has 40 heavy (non-hydrogen) atoms. The van der Waals surface area contributed by atoms with Gasteiger partial charge in [0.2, 0.25) is 0 Å². The van der Waals surface area contributed by atoms with Gasteiger partial charge in [0.15, 0.2) is 5.60 Å². The number of aromatic hydroxyl groups is 1. The molecule has 12 nitrogen and oxygen atoms in total. The van der Waals surface area contributed by atoms with E-state index in [9.17, 15) is 30.0 Å². The lowest BCUT2D eigenvalue weighted by atomic mass is 9.73. The van der Waals surface area contributed by atoms with Crippen molar-refractivity contribution in [2.24, 2.45) is 5.73 Å². The van der Waals surface area contributed by atoms with Crippen molar-refractivity contribution in [2.75, 3.05) is 26.0 Å². The van der Waals surface area contributed by atoms with Gasteiger partial charge in [-0.25, -0.2) is 9.59 Å². The molecule has 0 spiro atoms. The topological polar surface area (TPSA) is 193 Å². The summed E-state index contributed by atoms with van der Waals surface area (Å²) in [5.41, 5.74) is 1.63. The minimum Gasteiger partial charge on any atom is -0.507 e. The number of urea groups is 1. The molecule has 9 N–H and O–H groups in total. The number of nitrogens with one attached hydrogen (secondary N) is 3. The van der Waals surface area contributed by atoms with Crippen LogP contribution in [0.15, 0.2) is 48.7 Å². The average molecular weight is 556 g/mol. The number of aromatic amines is 1. The maximum absolute atomic E-state index is 13.1. The third kappa shape index (κ3) is 4.33. The van der Waals surface area contributed by atoms with Crippen LogP contribution in [-0.4, -0.2) is 97.9 Å². The number of phenols is 1. The summed E-state index contributed by atoms with van der Waals surface area (Å²) < 4.78 is 5.51. The lowest BCUT2D eigenvalue weighted by molar-refractivity contribution is -0.186. The molecule has 6 atom stereocenters. The van der Waals surface area contributed by atoms with Crippen LogP contribution in [0.3, 0.4) is 0 Å². The van der Waals surface area contributed by atoms with Gasteiger partial charge in [0.1, 0.15) is 29.1 Å². The van der Waals surface area contributed by atoms with Gasteiger partial charge in [0.25, 0.3) is 0 Å². The summed E-state index contributed by atoms with van der Waals surface area (Å²) in [6.45, 7) is 3.39. The Balaban J connectivity index is 1.81. The molecular weight excluding hydrogens is 518 g/mol. The van der Waals surface area contributed by atoms with Crippen LogP contribution in [0.5, 0.6) is 5.75 Å². The van der Waals surface area contributed by atoms with Crippen LogP contribution in [0.2, 0.25) is 0 Å². The summed E-state index contributed by atoms with van der Waals surface area (Å²) in [6, 6.07) is 8.63. The van der Waals surface area contributed by atoms with E-state index in [1.807, 2.05) is 24.3 Å². The van der Waals surface area contributed by atoms with Crippen molar-refractivity contribution in [1.82, 2.24) is 15.2 Å². The van der Waals surface area contributed by atoms with Gasteiger partial charge in [-0.1, -0.05) is 30.3 Å². The van der Waals surface area contributed by atoms with E-state index >= 15 is 0 Å². The van der Waals surface area contributed by atoms with Gasteiger partial charge in [-0.3, -0.25) is 0 Å². The zero-order chi connectivity index (χ0) is 29.6. The molecule has 216 valence electrons. The number of H-pyrrole nitrogens is 1. The average Bonchev–Trinajstić information content (AvgIpc) is 3.34. The maximum atomic E-state index is 13.1. The van der Waals surface area contributed by atoms with Gasteiger partial charge >= 0.3 is 12.0 Å². The van der Waals surface area contributed by atoms with Crippen molar-refractivity contribution >= 4 is 28.6 Å². The van der Waals surface area contributed by atoms with Crippen LogP contribution in [0.1, 0.15) is 29.8 Å². The van der Waals surface area contributed by atoms with E-state index in [4.69, 9.17) is 10.5 Å². The standard InChI is InChI=1S/C28H37N5O7/c1-15-9-8-12-20(35)21(15)24(36)40-14-27(39)23(31-19-13-30-18-11-7-6-10-17(18)19)22(29)28(16(2)34,26(27,3)38)32-25(37)33(4)5/h6-13,16,22-23,30-31,34-35,38-39H,14,29H2,1-5H3,(H,32,37)/t16-,22-,23-,26-,27+,28-/m0/s1. The number of benzene rings is 2. The molecule has 0 aliphatic heterocycles. The number of phenolic OH excluding ortho intramolecular Hbond substituents is 1. The number of carbonyl (C=O) groups is 2. The first-order valence-corrected chi connectivity index (χ1v) is 12.8. The molecule has 0 radical (unpaired) electrons. The highest BCUT2D eigenvalue weighted by molar-refractivity contribution is 5.94. The first kappa shape index (κ1) is 29.2. The SMILES string of the molecule is Cc1cccc(O)c1C(=O)OC[C@@]1(O)[C@@H](Nc2c[nH]c3ccccc23)[C@H](N)[C@@](NC(=O)N(C)C)([C@H](C)O)[C@@]1(C)O. The Morgan fingerprint density at radius 1 is 1.18 bits per heavy atom. The van der Waals surface area contributed by atoms with Crippen molar-refractivity contribution in [3.8, 4) is 5.75 Å². The van der Waals surface area contributed by atoms with E-state index in [1.165, 1.54) is 38.9 Å². The van der Waals surface area contributed by atoms with Gasteiger partial charge < -0.3 is 51.4 Å². The highest BCUT2D eigenvalue weighted by Crippen LogP contribution is 2.49. The Morgan fingerprint density at radius 2 is 1.85 bits per heavy atom. The van der Waals surface area contributed by atoms with E-state index in [0.717, 1.165) is 10.9 Å². The highest BCUT2D eigenvalue weighted by atomic mass is 16.5. The van der Waals surface area contributed by atoms with Gasteiger partial charge in [-0.2, -0.15) is 0 Å². The Kier molecular flexibility index (Phi) is 7.50. The van der Waals surface area contributed by atoms with Gasteiger partial charge in [0, 0.05) is 31.2 Å². The third-order valence-corrected chi connectivity index (χ3v) is 8.21. The number of hydrogen-bond acceptors (Lipinski definition) is 9. The molecule has 1 aromatic heterocycles. The Hall–Kier alpha value is -3.84. The van der Waals surface area contributed by atoms with Crippen molar-refractivity contribution in [3.05, 3.63) is 59.8 Å². The lowest BCUT2D eigenvalue weighted by Crippen LogP contribution is -2.76. The summed E-state index contributed by atoms with van der Waals surface area (Å²) in [5, 5.41) is 52.3. The predicted octanol–water partition coefficient (Wildman–Crippen LogP) is 1.03. The second-order valence-corrected chi connectivity index (χ2v) is 10.8. The Morgan fingerprint density at radius 3 is 2.48 bits per heavy atom.